The molecule has 0 aliphatic rings. The Balaban J connectivity index is 1.77. The molecule has 0 fully saturated rings. The number of fused-ring (bicyclic) bond motifs is 1. The Bertz CT molecular complexity index is 1390. The van der Waals surface area contributed by atoms with Crippen LogP contribution in [0.1, 0.15) is 16.8 Å². The third-order valence-corrected chi connectivity index (χ3v) is 5.76. The van der Waals surface area contributed by atoms with Crippen molar-refractivity contribution in [2.45, 2.75) is 26.8 Å². The largest absolute Gasteiger partial charge is 0.326 e. The minimum Gasteiger partial charge on any atom is -0.326 e. The summed E-state index contributed by atoms with van der Waals surface area (Å²) in [5.41, 5.74) is 2.80. The molecule has 0 aliphatic carbocycles. The molecule has 2 aromatic heterocycles. The molecule has 0 radical (unpaired) electrons. The van der Waals surface area contributed by atoms with Crippen LogP contribution in [0.4, 0.5) is 5.69 Å². The summed E-state index contributed by atoms with van der Waals surface area (Å²) < 4.78 is 3.09. The first-order valence-corrected chi connectivity index (χ1v) is 10.5. The number of benzene rings is 2. The van der Waals surface area contributed by atoms with E-state index in [1.54, 1.807) is 31.2 Å². The standard InChI is InChI=1S/C24H22ClN5O2/c1-4-13-29-16(3)18(14-21(31)26-20-12-8-11-19(25)15(20)2)23(32)30-24(29)27-22(28-30)17-9-6-5-7-10-17/h4-12H,1,13-14H2,2-3H3,(H,26,31). The highest BCUT2D eigenvalue weighted by Crippen LogP contribution is 2.23. The lowest BCUT2D eigenvalue weighted by Crippen LogP contribution is -2.29. The van der Waals surface area contributed by atoms with Gasteiger partial charge in [-0.25, -0.2) is 0 Å². The van der Waals surface area contributed by atoms with E-state index in [0.29, 0.717) is 40.1 Å². The number of aromatic nitrogens is 4. The number of allylic oxidation sites excluding steroid dienone is 1. The molecular formula is C24H22ClN5O2. The fourth-order valence-corrected chi connectivity index (χ4v) is 3.74. The van der Waals surface area contributed by atoms with Gasteiger partial charge in [-0.15, -0.1) is 11.7 Å². The second-order valence-electron chi connectivity index (χ2n) is 7.42. The number of nitrogens with zero attached hydrogens (tertiary/aromatic N) is 4. The summed E-state index contributed by atoms with van der Waals surface area (Å²) in [6.45, 7) is 7.86. The summed E-state index contributed by atoms with van der Waals surface area (Å²) >= 11 is 6.15. The minimum absolute atomic E-state index is 0.107. The van der Waals surface area contributed by atoms with Gasteiger partial charge in [-0.1, -0.05) is 54.1 Å². The molecule has 2 aromatic carbocycles. The molecule has 8 heteroatoms. The van der Waals surface area contributed by atoms with Crippen LogP contribution in [-0.2, 0) is 17.8 Å². The lowest BCUT2D eigenvalue weighted by Gasteiger charge is -2.14. The first-order chi connectivity index (χ1) is 15.4. The van der Waals surface area contributed by atoms with E-state index in [4.69, 9.17) is 11.6 Å². The number of anilines is 1. The van der Waals surface area contributed by atoms with E-state index < -0.39 is 0 Å². The molecule has 0 saturated heterocycles. The van der Waals surface area contributed by atoms with Crippen LogP contribution in [0.3, 0.4) is 0 Å². The lowest BCUT2D eigenvalue weighted by molar-refractivity contribution is -0.115. The van der Waals surface area contributed by atoms with Gasteiger partial charge >= 0.3 is 0 Å². The van der Waals surface area contributed by atoms with Crippen molar-refractivity contribution in [3.8, 4) is 11.4 Å². The molecule has 0 unspecified atom stereocenters. The summed E-state index contributed by atoms with van der Waals surface area (Å²) in [6, 6.07) is 14.7. The Morgan fingerprint density at radius 1 is 1.16 bits per heavy atom. The van der Waals surface area contributed by atoms with Gasteiger partial charge in [0.2, 0.25) is 11.7 Å². The normalized spacial score (nSPS) is 11.0. The second kappa shape index (κ2) is 8.80. The third-order valence-electron chi connectivity index (χ3n) is 5.35. The van der Waals surface area contributed by atoms with Crippen LogP contribution in [0.25, 0.3) is 17.2 Å². The van der Waals surface area contributed by atoms with Crippen LogP contribution in [0, 0.1) is 13.8 Å². The number of carbonyl (C=O) groups is 1. The summed E-state index contributed by atoms with van der Waals surface area (Å²) in [7, 11) is 0. The molecule has 32 heavy (non-hydrogen) atoms. The van der Waals surface area contributed by atoms with Crippen LogP contribution in [0.2, 0.25) is 5.02 Å². The zero-order chi connectivity index (χ0) is 22.8. The topological polar surface area (TPSA) is 81.3 Å². The van der Waals surface area contributed by atoms with E-state index in [2.05, 4.69) is 22.0 Å². The molecule has 0 saturated carbocycles. The first kappa shape index (κ1) is 21.5. The van der Waals surface area contributed by atoms with Crippen molar-refractivity contribution in [1.29, 1.82) is 0 Å². The molecule has 4 rings (SSSR count). The molecule has 0 aliphatic heterocycles. The number of nitrogens with one attached hydrogen (secondary N) is 1. The monoisotopic (exact) mass is 447 g/mol. The maximum atomic E-state index is 13.3. The lowest BCUT2D eigenvalue weighted by atomic mass is 10.1. The summed E-state index contributed by atoms with van der Waals surface area (Å²) in [5.74, 6) is 0.528. The van der Waals surface area contributed by atoms with Gasteiger partial charge in [0.05, 0.1) is 6.42 Å². The van der Waals surface area contributed by atoms with E-state index >= 15 is 0 Å². The van der Waals surface area contributed by atoms with Crippen molar-refractivity contribution in [3.63, 3.8) is 0 Å². The quantitative estimate of drug-likeness (QED) is 0.449. The number of rotatable bonds is 6. The number of hydrogen-bond acceptors (Lipinski definition) is 4. The van der Waals surface area contributed by atoms with Crippen molar-refractivity contribution >= 4 is 29.0 Å². The van der Waals surface area contributed by atoms with Gasteiger partial charge in [0.15, 0.2) is 5.82 Å². The molecule has 1 N–H and O–H groups in total. The molecule has 2 heterocycles. The number of hydrogen-bond donors (Lipinski definition) is 1. The highest BCUT2D eigenvalue weighted by Gasteiger charge is 2.20. The van der Waals surface area contributed by atoms with E-state index in [1.807, 2.05) is 41.8 Å². The Kier molecular flexibility index (Phi) is 5.92. The van der Waals surface area contributed by atoms with E-state index in [9.17, 15) is 9.59 Å². The zero-order valence-corrected chi connectivity index (χ0v) is 18.6. The van der Waals surface area contributed by atoms with Gasteiger partial charge in [0.1, 0.15) is 0 Å². The van der Waals surface area contributed by atoms with Crippen LogP contribution < -0.4 is 10.9 Å². The Labute approximate surface area is 190 Å². The predicted octanol–water partition coefficient (Wildman–Crippen LogP) is 4.20. The van der Waals surface area contributed by atoms with Gasteiger partial charge in [-0.2, -0.15) is 9.50 Å². The Hall–Kier alpha value is -3.71. The van der Waals surface area contributed by atoms with Gasteiger partial charge in [-0.05, 0) is 31.5 Å². The van der Waals surface area contributed by atoms with Gasteiger partial charge in [-0.3, -0.25) is 9.59 Å². The third kappa shape index (κ3) is 3.94. The van der Waals surface area contributed by atoms with E-state index in [-0.39, 0.29) is 17.9 Å². The molecule has 7 nitrogen and oxygen atoms in total. The number of amides is 1. The van der Waals surface area contributed by atoms with E-state index in [1.165, 1.54) is 4.52 Å². The zero-order valence-electron chi connectivity index (χ0n) is 17.8. The van der Waals surface area contributed by atoms with Crippen molar-refractivity contribution in [1.82, 2.24) is 19.2 Å². The van der Waals surface area contributed by atoms with Gasteiger partial charge in [0.25, 0.3) is 5.56 Å². The average molecular weight is 448 g/mol. The SMILES string of the molecule is C=CCn1c(C)c(CC(=O)Nc2cccc(Cl)c2C)c(=O)n2nc(-c3ccccc3)nc12. The molecule has 162 valence electrons. The predicted molar refractivity (Wildman–Crippen MR) is 126 cm³/mol. The fourth-order valence-electron chi connectivity index (χ4n) is 3.57. The van der Waals surface area contributed by atoms with Crippen LogP contribution in [-0.4, -0.2) is 25.1 Å². The van der Waals surface area contributed by atoms with Gasteiger partial charge in [0, 0.05) is 34.1 Å². The molecule has 0 bridgehead atoms. The molecule has 4 aromatic rings. The molecule has 0 spiro atoms. The smallest absolute Gasteiger partial charge is 0.279 e. The summed E-state index contributed by atoms with van der Waals surface area (Å²) in [4.78, 5) is 30.7. The molecule has 0 atom stereocenters. The summed E-state index contributed by atoms with van der Waals surface area (Å²) in [5, 5.41) is 7.84. The van der Waals surface area contributed by atoms with Crippen molar-refractivity contribution in [2.24, 2.45) is 0 Å². The van der Waals surface area contributed by atoms with E-state index in [0.717, 1.165) is 11.1 Å². The summed E-state index contributed by atoms with van der Waals surface area (Å²) in [6.07, 6.45) is 1.61. The highest BCUT2D eigenvalue weighted by atomic mass is 35.5. The average Bonchev–Trinajstić information content (AvgIpc) is 3.23. The number of carbonyl (C=O) groups excluding carboxylic acids is 1. The van der Waals surface area contributed by atoms with Gasteiger partial charge < -0.3 is 9.88 Å². The first-order valence-electron chi connectivity index (χ1n) is 10.1. The van der Waals surface area contributed by atoms with Crippen molar-refractivity contribution in [2.75, 3.05) is 5.32 Å². The highest BCUT2D eigenvalue weighted by molar-refractivity contribution is 6.31. The second-order valence-corrected chi connectivity index (χ2v) is 7.83. The maximum Gasteiger partial charge on any atom is 0.279 e. The number of halogens is 1. The fraction of sp³-hybridized carbons (Fsp3) is 0.167. The minimum atomic E-state index is -0.370. The Morgan fingerprint density at radius 2 is 1.91 bits per heavy atom. The molecular weight excluding hydrogens is 426 g/mol. The Morgan fingerprint density at radius 3 is 2.62 bits per heavy atom. The van der Waals surface area contributed by atoms with Crippen molar-refractivity contribution < 1.29 is 4.79 Å². The van der Waals surface area contributed by atoms with Crippen LogP contribution in [0.5, 0.6) is 0 Å². The molecule has 1 amide bonds. The van der Waals surface area contributed by atoms with Crippen LogP contribution >= 0.6 is 11.6 Å². The van der Waals surface area contributed by atoms with Crippen molar-refractivity contribution in [3.05, 3.63) is 93.4 Å². The maximum absolute atomic E-state index is 13.3. The van der Waals surface area contributed by atoms with Crippen LogP contribution in [0.15, 0.2) is 66.0 Å².